The first kappa shape index (κ1) is 22.7. The van der Waals surface area contributed by atoms with Gasteiger partial charge >= 0.3 is 6.03 Å². The molecule has 1 saturated heterocycles. The molecular weight excluding hydrogens is 432 g/mol. The fourth-order valence-electron chi connectivity index (χ4n) is 3.62. The summed E-state index contributed by atoms with van der Waals surface area (Å²) in [5.41, 5.74) is 1.77. The minimum Gasteiger partial charge on any atom is -0.456 e. The first-order chi connectivity index (χ1) is 16.4. The molecule has 3 aromatic rings. The molecule has 3 aromatic carbocycles. The van der Waals surface area contributed by atoms with Crippen molar-refractivity contribution in [3.05, 3.63) is 107 Å². The Balaban J connectivity index is 1.57. The Bertz CT molecular complexity index is 1300. The standard InChI is InChI=1S/C27H22N2O5/c1-18(30)21-12-6-8-14-25(21)34-24-13-7-5-11-20(24)15-16-22-26(32)28-27(33)29(22)17-23(31)19-9-3-2-4-10-19/h2-14,16H,15,17H2,1H3,(H,28,32,33)/b22-16+. The van der Waals surface area contributed by atoms with Crippen molar-refractivity contribution >= 4 is 23.5 Å². The topological polar surface area (TPSA) is 92.8 Å². The molecule has 34 heavy (non-hydrogen) atoms. The van der Waals surface area contributed by atoms with E-state index in [1.54, 1.807) is 72.8 Å². The molecule has 7 nitrogen and oxygen atoms in total. The van der Waals surface area contributed by atoms with E-state index in [1.807, 2.05) is 12.1 Å². The molecule has 170 valence electrons. The van der Waals surface area contributed by atoms with Gasteiger partial charge in [0.25, 0.3) is 5.91 Å². The van der Waals surface area contributed by atoms with Gasteiger partial charge in [0, 0.05) is 5.56 Å². The molecule has 0 radical (unpaired) electrons. The molecule has 1 aliphatic heterocycles. The fourth-order valence-corrected chi connectivity index (χ4v) is 3.62. The minimum absolute atomic E-state index is 0.105. The van der Waals surface area contributed by atoms with E-state index in [4.69, 9.17) is 4.74 Å². The fraction of sp³-hybridized carbons (Fsp3) is 0.111. The van der Waals surface area contributed by atoms with Crippen molar-refractivity contribution in [3.63, 3.8) is 0 Å². The van der Waals surface area contributed by atoms with Crippen LogP contribution >= 0.6 is 0 Å². The van der Waals surface area contributed by atoms with E-state index in [0.717, 1.165) is 10.5 Å². The van der Waals surface area contributed by atoms with Crippen molar-refractivity contribution < 1.29 is 23.9 Å². The average Bonchev–Trinajstić information content (AvgIpc) is 3.11. The molecular formula is C27H22N2O5. The van der Waals surface area contributed by atoms with Gasteiger partial charge in [-0.05, 0) is 37.1 Å². The predicted molar refractivity (Wildman–Crippen MR) is 126 cm³/mol. The normalized spacial score (nSPS) is 14.3. The van der Waals surface area contributed by atoms with Crippen LogP contribution in [0.1, 0.15) is 33.2 Å². The maximum absolute atomic E-state index is 12.6. The molecule has 0 unspecified atom stereocenters. The third-order valence-electron chi connectivity index (χ3n) is 5.36. The van der Waals surface area contributed by atoms with Gasteiger partial charge in [0.05, 0.1) is 12.1 Å². The lowest BCUT2D eigenvalue weighted by Gasteiger charge is -2.15. The molecule has 7 heteroatoms. The van der Waals surface area contributed by atoms with Crippen LogP contribution in [0.5, 0.6) is 11.5 Å². The number of ketones is 2. The van der Waals surface area contributed by atoms with Crippen molar-refractivity contribution in [2.24, 2.45) is 0 Å². The first-order valence-corrected chi connectivity index (χ1v) is 10.7. The molecule has 0 spiro atoms. The van der Waals surface area contributed by atoms with Crippen LogP contribution in [0.15, 0.2) is 90.6 Å². The van der Waals surface area contributed by atoms with Crippen LogP contribution in [0.4, 0.5) is 4.79 Å². The molecule has 3 amide bonds. The Morgan fingerprint density at radius 3 is 2.26 bits per heavy atom. The number of ether oxygens (including phenoxy) is 1. The number of Topliss-reactive ketones (excluding diaryl/α,β-unsaturated/α-hetero) is 2. The summed E-state index contributed by atoms with van der Waals surface area (Å²) in [5.74, 6) is -0.00848. The van der Waals surface area contributed by atoms with Crippen LogP contribution in [0.3, 0.4) is 0 Å². The highest BCUT2D eigenvalue weighted by Crippen LogP contribution is 2.29. The van der Waals surface area contributed by atoms with Crippen LogP contribution in [0, 0.1) is 0 Å². The molecule has 0 aromatic heterocycles. The number of urea groups is 1. The van der Waals surface area contributed by atoms with Gasteiger partial charge in [-0.3, -0.25) is 24.6 Å². The smallest absolute Gasteiger partial charge is 0.329 e. The molecule has 1 aliphatic rings. The van der Waals surface area contributed by atoms with E-state index in [2.05, 4.69) is 5.32 Å². The minimum atomic E-state index is -0.638. The summed E-state index contributed by atoms with van der Waals surface area (Å²) in [4.78, 5) is 50.4. The van der Waals surface area contributed by atoms with Crippen molar-refractivity contribution in [2.75, 3.05) is 6.54 Å². The summed E-state index contributed by atoms with van der Waals surface area (Å²) in [6, 6.07) is 22.1. The van der Waals surface area contributed by atoms with E-state index in [-0.39, 0.29) is 30.2 Å². The summed E-state index contributed by atoms with van der Waals surface area (Å²) < 4.78 is 6.03. The Kier molecular flexibility index (Phi) is 6.64. The number of nitrogens with zero attached hydrogens (tertiary/aromatic N) is 1. The molecule has 0 aliphatic carbocycles. The Hall–Kier alpha value is -4.52. The number of carbonyl (C=O) groups excluding carboxylic acids is 4. The Morgan fingerprint density at radius 2 is 1.53 bits per heavy atom. The van der Waals surface area contributed by atoms with Crippen LogP contribution in [-0.2, 0) is 11.2 Å². The molecule has 0 bridgehead atoms. The number of rotatable bonds is 8. The highest BCUT2D eigenvalue weighted by molar-refractivity contribution is 6.13. The lowest BCUT2D eigenvalue weighted by atomic mass is 10.1. The SMILES string of the molecule is CC(=O)c1ccccc1Oc1ccccc1C/C=C1\C(=O)NC(=O)N1CC(=O)c1ccccc1. The molecule has 0 saturated carbocycles. The van der Waals surface area contributed by atoms with Crippen molar-refractivity contribution in [2.45, 2.75) is 13.3 Å². The Labute approximate surface area is 196 Å². The van der Waals surface area contributed by atoms with Crippen LogP contribution < -0.4 is 10.1 Å². The zero-order valence-electron chi connectivity index (χ0n) is 18.5. The van der Waals surface area contributed by atoms with Gasteiger partial charge in [-0.25, -0.2) is 4.79 Å². The van der Waals surface area contributed by atoms with Crippen molar-refractivity contribution in [1.29, 1.82) is 0 Å². The third kappa shape index (κ3) is 4.94. The van der Waals surface area contributed by atoms with Gasteiger partial charge in [0.1, 0.15) is 17.2 Å². The molecule has 1 N–H and O–H groups in total. The quantitative estimate of drug-likeness (QED) is 0.306. The molecule has 1 fully saturated rings. The van der Waals surface area contributed by atoms with E-state index < -0.39 is 11.9 Å². The van der Waals surface area contributed by atoms with Crippen molar-refractivity contribution in [1.82, 2.24) is 10.2 Å². The number of benzene rings is 3. The summed E-state index contributed by atoms with van der Waals surface area (Å²) >= 11 is 0. The highest BCUT2D eigenvalue weighted by atomic mass is 16.5. The van der Waals surface area contributed by atoms with Gasteiger partial charge in [-0.15, -0.1) is 0 Å². The predicted octanol–water partition coefficient (Wildman–Crippen LogP) is 4.54. The van der Waals surface area contributed by atoms with Crippen molar-refractivity contribution in [3.8, 4) is 11.5 Å². The summed E-state index contributed by atoms with van der Waals surface area (Å²) in [7, 11) is 0. The maximum atomic E-state index is 12.6. The van der Waals surface area contributed by atoms with E-state index >= 15 is 0 Å². The zero-order chi connectivity index (χ0) is 24.1. The second-order valence-corrected chi connectivity index (χ2v) is 7.69. The average molecular weight is 454 g/mol. The second-order valence-electron chi connectivity index (χ2n) is 7.69. The van der Waals surface area contributed by atoms with Gasteiger partial charge in [-0.1, -0.05) is 66.7 Å². The summed E-state index contributed by atoms with van der Waals surface area (Å²) in [6.45, 7) is 1.22. The van der Waals surface area contributed by atoms with Gasteiger partial charge in [0.2, 0.25) is 0 Å². The first-order valence-electron chi connectivity index (χ1n) is 10.7. The van der Waals surface area contributed by atoms with E-state index in [1.165, 1.54) is 6.92 Å². The van der Waals surface area contributed by atoms with E-state index in [9.17, 15) is 19.2 Å². The second kappa shape index (κ2) is 9.95. The van der Waals surface area contributed by atoms with Gasteiger partial charge in [-0.2, -0.15) is 0 Å². The third-order valence-corrected chi connectivity index (χ3v) is 5.36. The molecule has 4 rings (SSSR count). The van der Waals surface area contributed by atoms with E-state index in [0.29, 0.717) is 22.6 Å². The monoisotopic (exact) mass is 454 g/mol. The lowest BCUT2D eigenvalue weighted by Crippen LogP contribution is -2.32. The number of amides is 3. The number of imide groups is 1. The molecule has 1 heterocycles. The number of carbonyl (C=O) groups is 4. The number of hydrogen-bond acceptors (Lipinski definition) is 5. The largest absolute Gasteiger partial charge is 0.456 e. The maximum Gasteiger partial charge on any atom is 0.329 e. The molecule has 0 atom stereocenters. The zero-order valence-corrected chi connectivity index (χ0v) is 18.5. The summed E-state index contributed by atoms with van der Waals surface area (Å²) in [6.07, 6.45) is 1.86. The number of allylic oxidation sites excluding steroid dienone is 1. The number of hydrogen-bond donors (Lipinski definition) is 1. The van der Waals surface area contributed by atoms with Gasteiger partial charge in [0.15, 0.2) is 11.6 Å². The Morgan fingerprint density at radius 1 is 0.882 bits per heavy atom. The number of nitrogens with one attached hydrogen (secondary N) is 1. The lowest BCUT2D eigenvalue weighted by molar-refractivity contribution is -0.116. The summed E-state index contributed by atoms with van der Waals surface area (Å²) in [5, 5.41) is 2.24. The van der Waals surface area contributed by atoms with Gasteiger partial charge < -0.3 is 4.74 Å². The van der Waals surface area contributed by atoms with Crippen LogP contribution in [-0.4, -0.2) is 34.9 Å². The van der Waals surface area contributed by atoms with Crippen LogP contribution in [0.2, 0.25) is 0 Å². The number of para-hydroxylation sites is 2. The van der Waals surface area contributed by atoms with Crippen LogP contribution in [0.25, 0.3) is 0 Å². The highest BCUT2D eigenvalue weighted by Gasteiger charge is 2.34.